The van der Waals surface area contributed by atoms with Crippen LogP contribution < -0.4 is 9.47 Å². The fourth-order valence-electron chi connectivity index (χ4n) is 2.96. The molecule has 1 aromatic carbocycles. The maximum Gasteiger partial charge on any atom is 0.246 e. The van der Waals surface area contributed by atoms with Crippen LogP contribution in [-0.4, -0.2) is 50.2 Å². The van der Waals surface area contributed by atoms with Gasteiger partial charge in [-0.05, 0) is 31.9 Å². The molecule has 1 aliphatic heterocycles. The van der Waals surface area contributed by atoms with Gasteiger partial charge in [0.2, 0.25) is 10.0 Å². The van der Waals surface area contributed by atoms with Crippen molar-refractivity contribution >= 4 is 21.4 Å². The number of methoxy groups -OCH3 is 2. The lowest BCUT2D eigenvalue weighted by molar-refractivity contribution is 0.312. The van der Waals surface area contributed by atoms with Crippen LogP contribution in [0.2, 0.25) is 0 Å². The minimum absolute atomic E-state index is 0.0753. The molecular formula is C16H21N3O4S2. The molecule has 0 aliphatic carbocycles. The lowest BCUT2D eigenvalue weighted by atomic mass is 10.0. The van der Waals surface area contributed by atoms with Crippen molar-refractivity contribution < 1.29 is 17.9 Å². The summed E-state index contributed by atoms with van der Waals surface area (Å²) in [5.74, 6) is 0.869. The van der Waals surface area contributed by atoms with Crippen molar-refractivity contribution in [3.8, 4) is 11.5 Å². The van der Waals surface area contributed by atoms with Gasteiger partial charge >= 0.3 is 0 Å². The topological polar surface area (TPSA) is 81.6 Å². The van der Waals surface area contributed by atoms with E-state index in [1.54, 1.807) is 12.1 Å². The minimum Gasteiger partial charge on any atom is -0.497 e. The van der Waals surface area contributed by atoms with E-state index in [0.717, 1.165) is 22.9 Å². The summed E-state index contributed by atoms with van der Waals surface area (Å²) in [6, 6.07) is 4.80. The van der Waals surface area contributed by atoms with Gasteiger partial charge < -0.3 is 9.47 Å². The van der Waals surface area contributed by atoms with Gasteiger partial charge in [0, 0.05) is 25.1 Å². The van der Waals surface area contributed by atoms with E-state index in [9.17, 15) is 8.42 Å². The Morgan fingerprint density at radius 1 is 1.24 bits per heavy atom. The van der Waals surface area contributed by atoms with Gasteiger partial charge in [0.25, 0.3) is 0 Å². The Morgan fingerprint density at radius 2 is 2.04 bits per heavy atom. The number of benzene rings is 1. The van der Waals surface area contributed by atoms with E-state index in [-0.39, 0.29) is 10.8 Å². The van der Waals surface area contributed by atoms with E-state index in [4.69, 9.17) is 9.47 Å². The molecule has 1 fully saturated rings. The van der Waals surface area contributed by atoms with Crippen LogP contribution in [0.4, 0.5) is 0 Å². The van der Waals surface area contributed by atoms with Crippen molar-refractivity contribution in [2.45, 2.75) is 30.6 Å². The third-order valence-electron chi connectivity index (χ3n) is 4.26. The Bertz CT molecular complexity index is 851. The highest BCUT2D eigenvalue weighted by Gasteiger charge is 2.34. The summed E-state index contributed by atoms with van der Waals surface area (Å²) in [7, 11) is -0.718. The molecule has 0 amide bonds. The van der Waals surface area contributed by atoms with Crippen LogP contribution in [0.5, 0.6) is 11.5 Å². The van der Waals surface area contributed by atoms with E-state index >= 15 is 0 Å². The van der Waals surface area contributed by atoms with E-state index in [2.05, 4.69) is 10.2 Å². The molecule has 3 rings (SSSR count). The first-order valence-electron chi connectivity index (χ1n) is 7.98. The van der Waals surface area contributed by atoms with Crippen molar-refractivity contribution in [1.29, 1.82) is 0 Å². The van der Waals surface area contributed by atoms with Gasteiger partial charge in [-0.2, -0.15) is 4.31 Å². The van der Waals surface area contributed by atoms with Gasteiger partial charge in [0.1, 0.15) is 26.4 Å². The third kappa shape index (κ3) is 3.63. The number of piperidine rings is 1. The SMILES string of the molecule is COc1ccc(OC)c(S(=O)(=O)N2CCC[C@H](c3nnc(C)s3)C2)c1. The molecule has 1 saturated heterocycles. The van der Waals surface area contributed by atoms with Crippen molar-refractivity contribution in [3.05, 3.63) is 28.2 Å². The molecule has 25 heavy (non-hydrogen) atoms. The van der Waals surface area contributed by atoms with Gasteiger partial charge in [-0.25, -0.2) is 8.42 Å². The molecule has 0 bridgehead atoms. The quantitative estimate of drug-likeness (QED) is 0.789. The average Bonchev–Trinajstić information content (AvgIpc) is 3.07. The molecule has 7 nitrogen and oxygen atoms in total. The van der Waals surface area contributed by atoms with E-state index < -0.39 is 10.0 Å². The highest BCUT2D eigenvalue weighted by Crippen LogP contribution is 2.35. The fourth-order valence-corrected chi connectivity index (χ4v) is 5.48. The van der Waals surface area contributed by atoms with Crippen LogP contribution >= 0.6 is 11.3 Å². The Kier molecular flexibility index (Phi) is 5.26. The number of nitrogens with zero attached hydrogens (tertiary/aromatic N) is 3. The summed E-state index contributed by atoms with van der Waals surface area (Å²) in [5.41, 5.74) is 0. The molecule has 2 aromatic rings. The predicted molar refractivity (Wildman–Crippen MR) is 94.9 cm³/mol. The second-order valence-corrected chi connectivity index (χ2v) is 9.00. The number of aromatic nitrogens is 2. The molecule has 0 saturated carbocycles. The summed E-state index contributed by atoms with van der Waals surface area (Å²) >= 11 is 1.53. The number of rotatable bonds is 5. The maximum atomic E-state index is 13.2. The number of hydrogen-bond acceptors (Lipinski definition) is 7. The monoisotopic (exact) mass is 383 g/mol. The number of aryl methyl sites for hydroxylation is 1. The van der Waals surface area contributed by atoms with Crippen LogP contribution in [0.3, 0.4) is 0 Å². The summed E-state index contributed by atoms with van der Waals surface area (Å²) in [4.78, 5) is 0.128. The number of sulfonamides is 1. The van der Waals surface area contributed by atoms with E-state index in [1.807, 2.05) is 6.92 Å². The molecule has 9 heteroatoms. The van der Waals surface area contributed by atoms with Crippen LogP contribution in [0.25, 0.3) is 0 Å². The standard InChI is InChI=1S/C16H21N3O4S2/c1-11-17-18-16(24-11)12-5-4-8-19(10-12)25(20,21)15-9-13(22-2)6-7-14(15)23-3/h6-7,9,12H,4-5,8,10H2,1-3H3/t12-/m0/s1. The summed E-state index contributed by atoms with van der Waals surface area (Å²) in [6.45, 7) is 2.79. The van der Waals surface area contributed by atoms with Gasteiger partial charge in [-0.3, -0.25) is 0 Å². The number of hydrogen-bond donors (Lipinski definition) is 0. The first-order valence-corrected chi connectivity index (χ1v) is 10.2. The normalized spacial score (nSPS) is 18.9. The average molecular weight is 383 g/mol. The Labute approximate surface area is 151 Å². The molecule has 136 valence electrons. The number of ether oxygens (including phenoxy) is 2. The predicted octanol–water partition coefficient (Wildman–Crippen LogP) is 2.43. The second-order valence-electron chi connectivity index (χ2n) is 5.88. The molecule has 0 spiro atoms. The summed E-state index contributed by atoms with van der Waals surface area (Å²) in [5, 5.41) is 10.0. The van der Waals surface area contributed by atoms with Gasteiger partial charge in [-0.15, -0.1) is 21.5 Å². The highest BCUT2D eigenvalue weighted by atomic mass is 32.2. The van der Waals surface area contributed by atoms with Crippen LogP contribution in [-0.2, 0) is 10.0 Å². The van der Waals surface area contributed by atoms with Crippen molar-refractivity contribution in [2.24, 2.45) is 0 Å². The fraction of sp³-hybridized carbons (Fsp3) is 0.500. The van der Waals surface area contributed by atoms with E-state index in [1.165, 1.54) is 35.9 Å². The molecule has 1 aliphatic rings. The molecule has 2 heterocycles. The Morgan fingerprint density at radius 3 is 2.68 bits per heavy atom. The van der Waals surface area contributed by atoms with Crippen LogP contribution in [0.15, 0.2) is 23.1 Å². The summed E-state index contributed by atoms with van der Waals surface area (Å²) < 4.78 is 38.3. The van der Waals surface area contributed by atoms with Gasteiger partial charge in [0.15, 0.2) is 0 Å². The Hall–Kier alpha value is -1.71. The lowest BCUT2D eigenvalue weighted by Crippen LogP contribution is -2.39. The smallest absolute Gasteiger partial charge is 0.246 e. The summed E-state index contributed by atoms with van der Waals surface area (Å²) in [6.07, 6.45) is 1.70. The van der Waals surface area contributed by atoms with Crippen LogP contribution in [0, 0.1) is 6.92 Å². The molecule has 1 aromatic heterocycles. The highest BCUT2D eigenvalue weighted by molar-refractivity contribution is 7.89. The van der Waals surface area contributed by atoms with Crippen molar-refractivity contribution in [2.75, 3.05) is 27.3 Å². The molecule has 1 atom stereocenters. The van der Waals surface area contributed by atoms with Crippen molar-refractivity contribution in [1.82, 2.24) is 14.5 Å². The van der Waals surface area contributed by atoms with Crippen molar-refractivity contribution in [3.63, 3.8) is 0 Å². The van der Waals surface area contributed by atoms with E-state index in [0.29, 0.717) is 24.6 Å². The largest absolute Gasteiger partial charge is 0.497 e. The first-order chi connectivity index (χ1) is 12.0. The zero-order chi connectivity index (χ0) is 18.0. The molecule has 0 N–H and O–H groups in total. The zero-order valence-electron chi connectivity index (χ0n) is 14.4. The Balaban J connectivity index is 1.91. The van der Waals surface area contributed by atoms with Crippen LogP contribution in [0.1, 0.15) is 28.8 Å². The van der Waals surface area contributed by atoms with Gasteiger partial charge in [-0.1, -0.05) is 0 Å². The first kappa shape index (κ1) is 18.1. The molecule has 0 radical (unpaired) electrons. The molecular weight excluding hydrogens is 362 g/mol. The zero-order valence-corrected chi connectivity index (χ0v) is 16.1. The lowest BCUT2D eigenvalue weighted by Gasteiger charge is -2.31. The van der Waals surface area contributed by atoms with Gasteiger partial charge in [0.05, 0.1) is 14.2 Å². The molecule has 0 unspecified atom stereocenters. The third-order valence-corrected chi connectivity index (χ3v) is 7.15. The maximum absolute atomic E-state index is 13.2. The second kappa shape index (κ2) is 7.27. The minimum atomic E-state index is -3.69.